The molecular weight excluding hydrogens is 901 g/mol. The van der Waals surface area contributed by atoms with Crippen LogP contribution in [0.4, 0.5) is 0 Å². The first kappa shape index (κ1) is 69.6. The van der Waals surface area contributed by atoms with Gasteiger partial charge in [-0.2, -0.15) is 0 Å². The highest BCUT2D eigenvalue weighted by Crippen LogP contribution is 2.16. The van der Waals surface area contributed by atoms with Gasteiger partial charge >= 0.3 is 17.9 Å². The molecule has 0 aliphatic carbocycles. The zero-order valence-electron chi connectivity index (χ0n) is 48.1. The monoisotopic (exact) mass is 1020 g/mol. The van der Waals surface area contributed by atoms with Crippen LogP contribution >= 0.6 is 0 Å². The lowest BCUT2D eigenvalue weighted by Gasteiger charge is -2.18. The molecule has 0 aliphatic heterocycles. The van der Waals surface area contributed by atoms with Crippen molar-refractivity contribution in [1.82, 2.24) is 0 Å². The Kier molecular flexibility index (Phi) is 58.3. The van der Waals surface area contributed by atoms with E-state index >= 15 is 0 Å². The first-order chi connectivity index (χ1) is 36.0. The van der Waals surface area contributed by atoms with Gasteiger partial charge in [-0.3, -0.25) is 14.4 Å². The lowest BCUT2D eigenvalue weighted by atomic mass is 10.0. The van der Waals surface area contributed by atoms with Crippen LogP contribution in [0.2, 0.25) is 0 Å². The second-order valence-corrected chi connectivity index (χ2v) is 20.6. The van der Waals surface area contributed by atoms with Crippen molar-refractivity contribution in [3.05, 3.63) is 85.1 Å². The number of hydrogen-bond acceptors (Lipinski definition) is 6. The number of rotatable bonds is 56. The first-order valence-corrected chi connectivity index (χ1v) is 31.1. The molecule has 0 rings (SSSR count). The minimum atomic E-state index is -0.809. The maximum Gasteiger partial charge on any atom is 0.306 e. The molecule has 0 bridgehead atoms. The summed E-state index contributed by atoms with van der Waals surface area (Å²) in [7, 11) is 0. The molecule has 1 atom stereocenters. The number of hydrogen-bond donors (Lipinski definition) is 0. The Morgan fingerprint density at radius 2 is 0.493 bits per heavy atom. The van der Waals surface area contributed by atoms with Gasteiger partial charge in [0, 0.05) is 19.3 Å². The van der Waals surface area contributed by atoms with E-state index in [9.17, 15) is 14.4 Å². The Labute approximate surface area is 452 Å². The van der Waals surface area contributed by atoms with Crippen molar-refractivity contribution in [1.29, 1.82) is 0 Å². The van der Waals surface area contributed by atoms with Gasteiger partial charge in [0.2, 0.25) is 0 Å². The fraction of sp³-hybridized carbons (Fsp3) is 0.746. The molecule has 0 N–H and O–H groups in total. The summed E-state index contributed by atoms with van der Waals surface area (Å²) in [4.78, 5) is 38.2. The first-order valence-electron chi connectivity index (χ1n) is 31.1. The van der Waals surface area contributed by atoms with Crippen molar-refractivity contribution in [2.45, 2.75) is 309 Å². The largest absolute Gasteiger partial charge is 0.462 e. The van der Waals surface area contributed by atoms with Gasteiger partial charge in [-0.05, 0) is 103 Å². The normalized spacial score (nSPS) is 12.6. The van der Waals surface area contributed by atoms with Crippen molar-refractivity contribution >= 4 is 17.9 Å². The SMILES string of the molecule is CCCCC/C=C\C/C=C\C/C=C\C/C=C\CCCCCC(=O)O[C@H](COC(=O)CCCC/C=C\C/C=C\C/C=C\CCCCC)COC(=O)CCCCCCCCCCCCCCCCCCCCCCC. The Morgan fingerprint density at radius 3 is 0.822 bits per heavy atom. The molecule has 0 saturated heterocycles. The van der Waals surface area contributed by atoms with Crippen LogP contribution in [0.15, 0.2) is 85.1 Å². The van der Waals surface area contributed by atoms with E-state index in [2.05, 4.69) is 106 Å². The van der Waals surface area contributed by atoms with E-state index in [4.69, 9.17) is 14.2 Å². The van der Waals surface area contributed by atoms with Gasteiger partial charge in [0.1, 0.15) is 13.2 Å². The van der Waals surface area contributed by atoms with Gasteiger partial charge < -0.3 is 14.2 Å². The molecule has 0 aromatic heterocycles. The molecule has 0 unspecified atom stereocenters. The summed E-state index contributed by atoms with van der Waals surface area (Å²) in [6, 6.07) is 0. The lowest BCUT2D eigenvalue weighted by Crippen LogP contribution is -2.30. The Bertz CT molecular complexity index is 1400. The van der Waals surface area contributed by atoms with Crippen molar-refractivity contribution in [3.63, 3.8) is 0 Å². The predicted octanol–water partition coefficient (Wildman–Crippen LogP) is 21.1. The number of unbranched alkanes of at least 4 members (excludes halogenated alkanes) is 31. The Morgan fingerprint density at radius 1 is 0.274 bits per heavy atom. The summed E-state index contributed by atoms with van der Waals surface area (Å²) in [6.45, 7) is 6.55. The number of ether oxygens (including phenoxy) is 3. The van der Waals surface area contributed by atoms with Crippen LogP contribution < -0.4 is 0 Å². The van der Waals surface area contributed by atoms with Crippen LogP contribution in [-0.2, 0) is 28.6 Å². The number of carbonyl (C=O) groups excluding carboxylic acids is 3. The molecule has 0 aliphatic rings. The van der Waals surface area contributed by atoms with Crippen molar-refractivity contribution in [2.24, 2.45) is 0 Å². The zero-order chi connectivity index (χ0) is 52.9. The molecule has 6 heteroatoms. The predicted molar refractivity (Wildman–Crippen MR) is 316 cm³/mol. The van der Waals surface area contributed by atoms with Gasteiger partial charge in [0.15, 0.2) is 6.10 Å². The maximum absolute atomic E-state index is 12.9. The van der Waals surface area contributed by atoms with Crippen LogP contribution in [0.1, 0.15) is 303 Å². The fourth-order valence-electron chi connectivity index (χ4n) is 8.67. The molecule has 0 aromatic carbocycles. The third-order valence-corrected chi connectivity index (χ3v) is 13.4. The number of allylic oxidation sites excluding steroid dienone is 14. The van der Waals surface area contributed by atoms with E-state index < -0.39 is 6.10 Å². The van der Waals surface area contributed by atoms with Crippen molar-refractivity contribution in [2.75, 3.05) is 13.2 Å². The topological polar surface area (TPSA) is 78.9 Å². The van der Waals surface area contributed by atoms with E-state index in [0.717, 1.165) is 96.3 Å². The van der Waals surface area contributed by atoms with Gasteiger partial charge in [0.25, 0.3) is 0 Å². The van der Waals surface area contributed by atoms with Crippen molar-refractivity contribution < 1.29 is 28.6 Å². The van der Waals surface area contributed by atoms with E-state index in [1.165, 1.54) is 167 Å². The molecule has 420 valence electrons. The highest BCUT2D eigenvalue weighted by atomic mass is 16.6. The van der Waals surface area contributed by atoms with Gasteiger partial charge in [-0.1, -0.05) is 266 Å². The van der Waals surface area contributed by atoms with E-state index in [1.807, 2.05) is 0 Å². The van der Waals surface area contributed by atoms with Crippen LogP contribution in [0, 0.1) is 0 Å². The molecule has 0 radical (unpaired) electrons. The zero-order valence-corrected chi connectivity index (χ0v) is 48.1. The average molecular weight is 1020 g/mol. The summed E-state index contributed by atoms with van der Waals surface area (Å²) >= 11 is 0. The molecule has 0 heterocycles. The minimum absolute atomic E-state index is 0.0995. The molecule has 6 nitrogen and oxygen atoms in total. The fourth-order valence-corrected chi connectivity index (χ4v) is 8.67. The molecule has 0 spiro atoms. The summed E-state index contributed by atoms with van der Waals surface area (Å²) < 4.78 is 16.9. The third kappa shape index (κ3) is 59.3. The molecule has 73 heavy (non-hydrogen) atoms. The summed E-state index contributed by atoms with van der Waals surface area (Å²) in [5.74, 6) is -0.960. The van der Waals surface area contributed by atoms with E-state index in [1.54, 1.807) is 0 Å². The van der Waals surface area contributed by atoms with Gasteiger partial charge in [-0.15, -0.1) is 0 Å². The van der Waals surface area contributed by atoms with Gasteiger partial charge in [-0.25, -0.2) is 0 Å². The molecular formula is C67H116O6. The summed E-state index contributed by atoms with van der Waals surface area (Å²) in [5.41, 5.74) is 0. The number of esters is 3. The highest BCUT2D eigenvalue weighted by Gasteiger charge is 2.19. The quantitative estimate of drug-likeness (QED) is 0.0261. The van der Waals surface area contributed by atoms with Gasteiger partial charge in [0.05, 0.1) is 0 Å². The number of carbonyl (C=O) groups is 3. The average Bonchev–Trinajstić information content (AvgIpc) is 3.39. The Hall–Kier alpha value is -3.41. The maximum atomic E-state index is 12.9. The van der Waals surface area contributed by atoms with E-state index in [-0.39, 0.29) is 37.5 Å². The molecule has 0 saturated carbocycles. The second-order valence-electron chi connectivity index (χ2n) is 20.6. The van der Waals surface area contributed by atoms with Crippen LogP contribution in [0.3, 0.4) is 0 Å². The van der Waals surface area contributed by atoms with E-state index in [0.29, 0.717) is 12.8 Å². The standard InChI is InChI=1S/C67H116O6/c1-4-7-10-13-16-19-22-25-28-30-32-33-35-36-39-42-45-48-51-54-57-60-66(69)72-63-64(62-71-65(68)59-56-53-50-47-44-41-38-27-24-21-18-15-12-9-6-3)73-67(70)61-58-55-52-49-46-43-40-37-34-31-29-26-23-20-17-14-11-8-5-2/h17-18,20-21,26-27,29,34,37-38,43-44,46-47,64H,4-16,19,22-25,28,30-33,35-36,39-42,45,48-63H2,1-3H3/b20-17-,21-18-,29-26-,37-34-,38-27-,46-43-,47-44-/t64-/m1/s1. The minimum Gasteiger partial charge on any atom is -0.462 e. The van der Waals surface area contributed by atoms with Crippen LogP contribution in [0.25, 0.3) is 0 Å². The third-order valence-electron chi connectivity index (χ3n) is 13.4. The summed E-state index contributed by atoms with van der Waals surface area (Å²) in [6.07, 6.45) is 80.1. The molecule has 0 aromatic rings. The highest BCUT2D eigenvalue weighted by molar-refractivity contribution is 5.71. The van der Waals surface area contributed by atoms with Crippen LogP contribution in [-0.4, -0.2) is 37.2 Å². The Balaban J connectivity index is 4.44. The second kappa shape index (κ2) is 61.1. The summed E-state index contributed by atoms with van der Waals surface area (Å²) in [5, 5.41) is 0. The molecule has 0 amide bonds. The van der Waals surface area contributed by atoms with Crippen LogP contribution in [0.5, 0.6) is 0 Å². The molecule has 0 fully saturated rings. The smallest absolute Gasteiger partial charge is 0.306 e. The lowest BCUT2D eigenvalue weighted by molar-refractivity contribution is -0.167. The van der Waals surface area contributed by atoms with Crippen molar-refractivity contribution in [3.8, 4) is 0 Å².